The monoisotopic (exact) mass is 332 g/mol. The number of carbonyl (C=O) groups is 1. The fourth-order valence-corrected chi connectivity index (χ4v) is 1.66. The Hall–Kier alpha value is -2.42. The Bertz CT molecular complexity index is 591. The second-order valence-electron chi connectivity index (χ2n) is 4.15. The van der Waals surface area contributed by atoms with Gasteiger partial charge in [0.2, 0.25) is 0 Å². The third-order valence-corrected chi connectivity index (χ3v) is 2.83. The van der Waals surface area contributed by atoms with Crippen LogP contribution >= 0.6 is 11.6 Å². The zero-order chi connectivity index (χ0) is 16.7. The normalized spacial score (nSPS) is 10.1. The molecule has 1 rings (SSSR count). The third-order valence-electron chi connectivity index (χ3n) is 2.53. The van der Waals surface area contributed by atoms with Gasteiger partial charge in [-0.3, -0.25) is 20.2 Å². The van der Waals surface area contributed by atoms with E-state index in [9.17, 15) is 25.0 Å². The second kappa shape index (κ2) is 8.13. The first-order valence-corrected chi connectivity index (χ1v) is 6.65. The Morgan fingerprint density at radius 2 is 1.86 bits per heavy atom. The molecule has 0 saturated heterocycles. The van der Waals surface area contributed by atoms with Crippen LogP contribution in [0.1, 0.15) is 19.8 Å². The highest BCUT2D eigenvalue weighted by molar-refractivity contribution is 6.32. The Balaban J connectivity index is 2.85. The van der Waals surface area contributed by atoms with Crippen molar-refractivity contribution in [1.29, 1.82) is 0 Å². The van der Waals surface area contributed by atoms with Gasteiger partial charge < -0.3 is 9.47 Å². The minimum Gasteiger partial charge on any atom is -0.475 e. The van der Waals surface area contributed by atoms with Crippen LogP contribution < -0.4 is 4.74 Å². The molecule has 120 valence electrons. The number of nitrogens with zero attached hydrogens (tertiary/aromatic N) is 2. The molecule has 0 aliphatic heterocycles. The molecule has 0 N–H and O–H groups in total. The summed E-state index contributed by atoms with van der Waals surface area (Å²) >= 11 is 5.66. The van der Waals surface area contributed by atoms with Gasteiger partial charge in [0.05, 0.1) is 22.5 Å². The number of hydrogen-bond acceptors (Lipinski definition) is 7. The molecule has 0 heterocycles. The van der Waals surface area contributed by atoms with Crippen LogP contribution in [0.2, 0.25) is 5.02 Å². The average molecular weight is 333 g/mol. The van der Waals surface area contributed by atoms with Gasteiger partial charge in [-0.2, -0.15) is 0 Å². The number of unbranched alkanes of at least 4 members (excludes halogenated alkanes) is 1. The van der Waals surface area contributed by atoms with Crippen molar-refractivity contribution in [2.75, 3.05) is 13.2 Å². The molecule has 0 radical (unpaired) electrons. The molecule has 0 unspecified atom stereocenters. The molecule has 0 saturated carbocycles. The maximum absolute atomic E-state index is 11.4. The third kappa shape index (κ3) is 4.85. The van der Waals surface area contributed by atoms with E-state index in [2.05, 4.69) is 0 Å². The highest BCUT2D eigenvalue weighted by Gasteiger charge is 2.25. The van der Waals surface area contributed by atoms with E-state index in [0.717, 1.165) is 12.5 Å². The molecular weight excluding hydrogens is 320 g/mol. The first kappa shape index (κ1) is 17.6. The quantitative estimate of drug-likeness (QED) is 0.310. The van der Waals surface area contributed by atoms with Crippen LogP contribution in [0.4, 0.5) is 11.4 Å². The molecule has 0 atom stereocenters. The van der Waals surface area contributed by atoms with E-state index in [1.807, 2.05) is 6.92 Å². The van der Waals surface area contributed by atoms with Gasteiger partial charge in [-0.1, -0.05) is 24.9 Å². The van der Waals surface area contributed by atoms with Crippen molar-refractivity contribution < 1.29 is 24.1 Å². The lowest BCUT2D eigenvalue weighted by Gasteiger charge is -2.07. The molecular formula is C12H13ClN2O7. The van der Waals surface area contributed by atoms with E-state index in [1.165, 1.54) is 0 Å². The van der Waals surface area contributed by atoms with Gasteiger partial charge in [0, 0.05) is 6.07 Å². The predicted octanol–water partition coefficient (Wildman–Crippen LogP) is 2.88. The van der Waals surface area contributed by atoms with E-state index in [0.29, 0.717) is 12.5 Å². The number of esters is 1. The van der Waals surface area contributed by atoms with Crippen LogP contribution in [0, 0.1) is 20.2 Å². The van der Waals surface area contributed by atoms with Gasteiger partial charge in [-0.15, -0.1) is 0 Å². The minimum atomic E-state index is -0.860. The molecule has 10 heteroatoms. The van der Waals surface area contributed by atoms with Crippen LogP contribution in [0.5, 0.6) is 5.75 Å². The minimum absolute atomic E-state index is 0.224. The van der Waals surface area contributed by atoms with Crippen LogP contribution in [0.25, 0.3) is 0 Å². The van der Waals surface area contributed by atoms with Crippen LogP contribution in [-0.2, 0) is 9.53 Å². The molecule has 0 bridgehead atoms. The zero-order valence-electron chi connectivity index (χ0n) is 11.6. The number of rotatable bonds is 8. The molecule has 9 nitrogen and oxygen atoms in total. The van der Waals surface area contributed by atoms with E-state index in [-0.39, 0.29) is 17.4 Å². The smallest absolute Gasteiger partial charge is 0.344 e. The van der Waals surface area contributed by atoms with Crippen LogP contribution in [0.15, 0.2) is 12.1 Å². The van der Waals surface area contributed by atoms with Crippen molar-refractivity contribution in [3.8, 4) is 5.75 Å². The highest BCUT2D eigenvalue weighted by atomic mass is 35.5. The Kier molecular flexibility index (Phi) is 6.51. The lowest BCUT2D eigenvalue weighted by atomic mass is 10.2. The fourth-order valence-electron chi connectivity index (χ4n) is 1.44. The van der Waals surface area contributed by atoms with Gasteiger partial charge in [0.25, 0.3) is 5.69 Å². The van der Waals surface area contributed by atoms with Crippen LogP contribution in [-0.4, -0.2) is 29.0 Å². The van der Waals surface area contributed by atoms with E-state index < -0.39 is 33.8 Å². The number of halogens is 1. The molecule has 1 aromatic rings. The van der Waals surface area contributed by atoms with Gasteiger partial charge >= 0.3 is 11.7 Å². The summed E-state index contributed by atoms with van der Waals surface area (Å²) in [6.07, 6.45) is 1.53. The van der Waals surface area contributed by atoms with E-state index in [1.54, 1.807) is 0 Å². The van der Waals surface area contributed by atoms with Gasteiger partial charge in [-0.25, -0.2) is 4.79 Å². The lowest BCUT2D eigenvalue weighted by molar-refractivity contribution is -0.394. The molecule has 0 amide bonds. The second-order valence-corrected chi connectivity index (χ2v) is 4.56. The number of hydrogen-bond donors (Lipinski definition) is 0. The Morgan fingerprint density at radius 3 is 2.41 bits per heavy atom. The van der Waals surface area contributed by atoms with Crippen molar-refractivity contribution in [3.63, 3.8) is 0 Å². The predicted molar refractivity (Wildman–Crippen MR) is 76.1 cm³/mol. The molecule has 1 aromatic carbocycles. The number of ether oxygens (including phenoxy) is 2. The number of benzene rings is 1. The number of nitro benzene ring substituents is 2. The van der Waals surface area contributed by atoms with Crippen molar-refractivity contribution in [3.05, 3.63) is 37.4 Å². The summed E-state index contributed by atoms with van der Waals surface area (Å²) in [5.41, 5.74) is -1.27. The number of carbonyl (C=O) groups excluding carboxylic acids is 1. The highest BCUT2D eigenvalue weighted by Crippen LogP contribution is 2.37. The zero-order valence-corrected chi connectivity index (χ0v) is 12.4. The summed E-state index contributed by atoms with van der Waals surface area (Å²) in [4.78, 5) is 31.3. The first-order chi connectivity index (χ1) is 10.4. The first-order valence-electron chi connectivity index (χ1n) is 6.27. The van der Waals surface area contributed by atoms with Crippen molar-refractivity contribution in [2.24, 2.45) is 0 Å². The lowest BCUT2D eigenvalue weighted by Crippen LogP contribution is -2.16. The van der Waals surface area contributed by atoms with Crippen molar-refractivity contribution in [2.45, 2.75) is 19.8 Å². The Labute approximate surface area is 130 Å². The summed E-state index contributed by atoms with van der Waals surface area (Å²) in [6, 6.07) is 1.61. The summed E-state index contributed by atoms with van der Waals surface area (Å²) in [5.74, 6) is -1.04. The molecule has 22 heavy (non-hydrogen) atoms. The maximum atomic E-state index is 11.4. The summed E-state index contributed by atoms with van der Waals surface area (Å²) in [7, 11) is 0. The standard InChI is InChI=1S/C12H13ClN2O7/c1-2-3-4-21-12(16)7-22-11-5-8(13)9(14(17)18)6-10(11)15(19)20/h5-6H,2-4,7H2,1H3. The largest absolute Gasteiger partial charge is 0.475 e. The molecule has 0 aliphatic carbocycles. The van der Waals surface area contributed by atoms with Crippen LogP contribution in [0.3, 0.4) is 0 Å². The van der Waals surface area contributed by atoms with Gasteiger partial charge in [0.1, 0.15) is 5.02 Å². The topological polar surface area (TPSA) is 122 Å². The molecule has 0 aromatic heterocycles. The fraction of sp³-hybridized carbons (Fsp3) is 0.417. The summed E-state index contributed by atoms with van der Waals surface area (Å²) in [5, 5.41) is 21.3. The van der Waals surface area contributed by atoms with Crippen molar-refractivity contribution in [1.82, 2.24) is 0 Å². The van der Waals surface area contributed by atoms with E-state index >= 15 is 0 Å². The SMILES string of the molecule is CCCCOC(=O)COc1cc(Cl)c([N+](=O)[O-])cc1[N+](=O)[O-]. The van der Waals surface area contributed by atoms with Gasteiger partial charge in [0.15, 0.2) is 12.4 Å². The molecule has 0 spiro atoms. The Morgan fingerprint density at radius 1 is 1.23 bits per heavy atom. The van der Waals surface area contributed by atoms with E-state index in [4.69, 9.17) is 21.1 Å². The summed E-state index contributed by atoms with van der Waals surface area (Å²) in [6.45, 7) is 1.59. The summed E-state index contributed by atoms with van der Waals surface area (Å²) < 4.78 is 9.80. The molecule has 0 aliphatic rings. The number of nitro groups is 2. The van der Waals surface area contributed by atoms with Crippen molar-refractivity contribution >= 4 is 28.9 Å². The average Bonchev–Trinajstić information content (AvgIpc) is 2.44. The van der Waals surface area contributed by atoms with Gasteiger partial charge in [-0.05, 0) is 6.42 Å². The maximum Gasteiger partial charge on any atom is 0.344 e. The molecule has 0 fully saturated rings.